The number of hydrogen-bond donors (Lipinski definition) is 1. The molecule has 0 bridgehead atoms. The molecule has 2 rings (SSSR count). The Labute approximate surface area is 131 Å². The summed E-state index contributed by atoms with van der Waals surface area (Å²) in [7, 11) is 0. The van der Waals surface area contributed by atoms with Gasteiger partial charge in [-0.2, -0.15) is 0 Å². The Kier molecular flexibility index (Phi) is 5.26. The number of anilines is 1. The highest BCUT2D eigenvalue weighted by atomic mass is 79.9. The fourth-order valence-electron chi connectivity index (χ4n) is 1.75. The molecule has 5 heteroatoms. The monoisotopic (exact) mass is 357 g/mol. The van der Waals surface area contributed by atoms with Crippen LogP contribution in [0.2, 0.25) is 5.02 Å². The summed E-state index contributed by atoms with van der Waals surface area (Å²) in [6.07, 6.45) is 0. The summed E-state index contributed by atoms with van der Waals surface area (Å²) in [6, 6.07) is 10.5. The molecule has 0 aliphatic heterocycles. The van der Waals surface area contributed by atoms with Gasteiger partial charge in [-0.15, -0.1) is 0 Å². The van der Waals surface area contributed by atoms with E-state index < -0.39 is 0 Å². The Bertz CT molecular complexity index is 606. The van der Waals surface area contributed by atoms with Crippen LogP contribution in [0.25, 0.3) is 0 Å². The lowest BCUT2D eigenvalue weighted by Gasteiger charge is -2.10. The van der Waals surface area contributed by atoms with E-state index >= 15 is 0 Å². The van der Waals surface area contributed by atoms with Gasteiger partial charge in [0.05, 0.1) is 6.61 Å². The fraction of sp³-hybridized carbons (Fsp3) is 0.200. The first-order chi connectivity index (χ1) is 9.60. The molecule has 0 saturated carbocycles. The Balaban J connectivity index is 2.05. The number of rotatable bonds is 5. The summed E-state index contributed by atoms with van der Waals surface area (Å²) in [5.41, 5.74) is 1.63. The van der Waals surface area contributed by atoms with E-state index in [4.69, 9.17) is 16.3 Å². The molecule has 0 amide bonds. The molecule has 0 spiro atoms. The molecule has 1 N–H and O–H groups in total. The molecule has 0 aliphatic carbocycles. The van der Waals surface area contributed by atoms with Gasteiger partial charge >= 0.3 is 0 Å². The maximum absolute atomic E-state index is 13.7. The Morgan fingerprint density at radius 2 is 2.05 bits per heavy atom. The molecule has 0 aromatic heterocycles. The molecule has 106 valence electrons. The Morgan fingerprint density at radius 3 is 2.70 bits per heavy atom. The summed E-state index contributed by atoms with van der Waals surface area (Å²) in [6.45, 7) is 2.79. The summed E-state index contributed by atoms with van der Waals surface area (Å²) in [5.74, 6) is -0.113. The van der Waals surface area contributed by atoms with Crippen molar-refractivity contribution in [1.82, 2.24) is 0 Å². The maximum Gasteiger partial charge on any atom is 0.167 e. The van der Waals surface area contributed by atoms with E-state index in [0.717, 1.165) is 10.0 Å². The van der Waals surface area contributed by atoms with E-state index in [1.54, 1.807) is 12.1 Å². The van der Waals surface area contributed by atoms with Crippen molar-refractivity contribution < 1.29 is 9.13 Å². The number of benzene rings is 2. The number of nitrogens with one attached hydrogen (secondary N) is 1. The van der Waals surface area contributed by atoms with Crippen molar-refractivity contribution in [2.75, 3.05) is 11.9 Å². The predicted octanol–water partition coefficient (Wildman–Crippen LogP) is 5.25. The van der Waals surface area contributed by atoms with Crippen molar-refractivity contribution >= 4 is 33.2 Å². The summed E-state index contributed by atoms with van der Waals surface area (Å²) in [4.78, 5) is 0. The first kappa shape index (κ1) is 15.1. The van der Waals surface area contributed by atoms with Crippen LogP contribution >= 0.6 is 27.5 Å². The van der Waals surface area contributed by atoms with Gasteiger partial charge in [0.15, 0.2) is 11.6 Å². The van der Waals surface area contributed by atoms with Gasteiger partial charge in [-0.3, -0.25) is 0 Å². The second kappa shape index (κ2) is 6.95. The highest BCUT2D eigenvalue weighted by Gasteiger charge is 2.05. The van der Waals surface area contributed by atoms with E-state index in [1.165, 1.54) is 6.07 Å². The van der Waals surface area contributed by atoms with Gasteiger partial charge in [0.2, 0.25) is 0 Å². The molecule has 2 aromatic rings. The van der Waals surface area contributed by atoms with E-state index in [1.807, 2.05) is 25.1 Å². The van der Waals surface area contributed by atoms with E-state index in [2.05, 4.69) is 21.2 Å². The Morgan fingerprint density at radius 1 is 1.25 bits per heavy atom. The normalized spacial score (nSPS) is 10.4. The second-order valence-electron chi connectivity index (χ2n) is 4.17. The molecule has 0 saturated heterocycles. The van der Waals surface area contributed by atoms with Gasteiger partial charge in [-0.1, -0.05) is 33.6 Å². The van der Waals surface area contributed by atoms with Crippen LogP contribution in [0.5, 0.6) is 5.75 Å². The molecule has 2 aromatic carbocycles. The maximum atomic E-state index is 13.7. The van der Waals surface area contributed by atoms with Crippen LogP contribution in [-0.2, 0) is 6.54 Å². The molecule has 0 unspecified atom stereocenters. The molecule has 0 atom stereocenters. The summed E-state index contributed by atoms with van der Waals surface area (Å²) < 4.78 is 19.8. The standard InChI is InChI=1S/C15H14BrClFNO/c1-2-20-15-6-5-12(8-14(15)18)19-9-10-3-4-11(16)7-13(10)17/h3-8,19H,2,9H2,1H3. The van der Waals surface area contributed by atoms with E-state index in [-0.39, 0.29) is 11.6 Å². The molecular weight excluding hydrogens is 345 g/mol. The van der Waals surface area contributed by atoms with Crippen molar-refractivity contribution in [3.8, 4) is 5.75 Å². The lowest BCUT2D eigenvalue weighted by Crippen LogP contribution is -2.01. The van der Waals surface area contributed by atoms with Gasteiger partial charge in [0.1, 0.15) is 0 Å². The lowest BCUT2D eigenvalue weighted by molar-refractivity contribution is 0.321. The van der Waals surface area contributed by atoms with Gasteiger partial charge < -0.3 is 10.1 Å². The second-order valence-corrected chi connectivity index (χ2v) is 5.49. The molecule has 0 heterocycles. The molecule has 0 aliphatic rings. The predicted molar refractivity (Wildman–Crippen MR) is 84.0 cm³/mol. The largest absolute Gasteiger partial charge is 0.491 e. The lowest BCUT2D eigenvalue weighted by atomic mass is 10.2. The minimum Gasteiger partial charge on any atom is -0.491 e. The Hall–Kier alpha value is -1.26. The third-order valence-electron chi connectivity index (χ3n) is 2.73. The molecule has 20 heavy (non-hydrogen) atoms. The zero-order valence-electron chi connectivity index (χ0n) is 10.9. The first-order valence-electron chi connectivity index (χ1n) is 6.20. The van der Waals surface area contributed by atoms with Gasteiger partial charge in [-0.05, 0) is 36.8 Å². The topological polar surface area (TPSA) is 21.3 Å². The molecule has 2 nitrogen and oxygen atoms in total. The average molecular weight is 359 g/mol. The minimum absolute atomic E-state index is 0.264. The average Bonchev–Trinajstić information content (AvgIpc) is 2.41. The number of ether oxygens (including phenoxy) is 1. The van der Waals surface area contributed by atoms with Gasteiger partial charge in [0.25, 0.3) is 0 Å². The quantitative estimate of drug-likeness (QED) is 0.788. The smallest absolute Gasteiger partial charge is 0.167 e. The van der Waals surface area contributed by atoms with Crippen LogP contribution in [0, 0.1) is 5.82 Å². The van der Waals surface area contributed by atoms with Crippen molar-refractivity contribution in [3.05, 3.63) is 57.3 Å². The molecule has 0 radical (unpaired) electrons. The van der Waals surface area contributed by atoms with E-state index in [0.29, 0.717) is 23.9 Å². The SMILES string of the molecule is CCOc1ccc(NCc2ccc(Br)cc2Cl)cc1F. The van der Waals surface area contributed by atoms with Crippen molar-refractivity contribution in [3.63, 3.8) is 0 Å². The third-order valence-corrected chi connectivity index (χ3v) is 3.57. The van der Waals surface area contributed by atoms with Crippen LogP contribution in [-0.4, -0.2) is 6.61 Å². The third kappa shape index (κ3) is 3.87. The number of hydrogen-bond acceptors (Lipinski definition) is 2. The van der Waals surface area contributed by atoms with Crippen LogP contribution in [0.3, 0.4) is 0 Å². The van der Waals surface area contributed by atoms with Crippen LogP contribution in [0.4, 0.5) is 10.1 Å². The zero-order chi connectivity index (χ0) is 14.5. The van der Waals surface area contributed by atoms with Crippen molar-refractivity contribution in [2.45, 2.75) is 13.5 Å². The molecule has 0 fully saturated rings. The summed E-state index contributed by atoms with van der Waals surface area (Å²) >= 11 is 9.49. The van der Waals surface area contributed by atoms with Crippen LogP contribution < -0.4 is 10.1 Å². The van der Waals surface area contributed by atoms with Crippen molar-refractivity contribution in [2.24, 2.45) is 0 Å². The van der Waals surface area contributed by atoms with Gasteiger partial charge in [-0.25, -0.2) is 4.39 Å². The molecular formula is C15H14BrClFNO. The minimum atomic E-state index is -0.376. The first-order valence-corrected chi connectivity index (χ1v) is 7.37. The fourth-order valence-corrected chi connectivity index (χ4v) is 2.49. The van der Waals surface area contributed by atoms with Crippen LogP contribution in [0.1, 0.15) is 12.5 Å². The number of halogens is 3. The van der Waals surface area contributed by atoms with Crippen molar-refractivity contribution in [1.29, 1.82) is 0 Å². The van der Waals surface area contributed by atoms with Crippen LogP contribution in [0.15, 0.2) is 40.9 Å². The zero-order valence-corrected chi connectivity index (χ0v) is 13.3. The van der Waals surface area contributed by atoms with E-state index in [9.17, 15) is 4.39 Å². The summed E-state index contributed by atoms with van der Waals surface area (Å²) in [5, 5.41) is 3.80. The highest BCUT2D eigenvalue weighted by Crippen LogP contribution is 2.24. The highest BCUT2D eigenvalue weighted by molar-refractivity contribution is 9.10. The van der Waals surface area contributed by atoms with Gasteiger partial charge in [0, 0.05) is 27.8 Å².